The molecular weight excluding hydrogens is 356 g/mol. The van der Waals surface area contributed by atoms with Gasteiger partial charge in [0.15, 0.2) is 0 Å². The first kappa shape index (κ1) is 19.0. The summed E-state index contributed by atoms with van der Waals surface area (Å²) >= 11 is 0. The Morgan fingerprint density at radius 3 is 2.54 bits per heavy atom. The molecule has 8 heteroatoms. The van der Waals surface area contributed by atoms with E-state index in [1.807, 2.05) is 10.8 Å². The van der Waals surface area contributed by atoms with E-state index in [0.29, 0.717) is 16.9 Å². The molecule has 0 aromatic heterocycles. The molecule has 2 aromatic carbocycles. The van der Waals surface area contributed by atoms with Gasteiger partial charge in [-0.25, -0.2) is 13.1 Å². The second-order valence-electron chi connectivity index (χ2n) is 5.02. The van der Waals surface area contributed by atoms with Crippen molar-refractivity contribution in [3.05, 3.63) is 59.7 Å². The monoisotopic (exact) mass is 372 g/mol. The average molecular weight is 372 g/mol. The van der Waals surface area contributed by atoms with Crippen LogP contribution < -0.4 is 14.2 Å². The minimum atomic E-state index is -4.14. The summed E-state index contributed by atoms with van der Waals surface area (Å²) in [5, 5.41) is 9.01. The normalized spacial score (nSPS) is 11.0. The summed E-state index contributed by atoms with van der Waals surface area (Å²) in [7, 11) is -1.39. The maximum absolute atomic E-state index is 12.4. The molecule has 0 aliphatic heterocycles. The topological polar surface area (TPSA) is 105 Å². The van der Waals surface area contributed by atoms with Crippen molar-refractivity contribution in [3.63, 3.8) is 0 Å². The van der Waals surface area contributed by atoms with E-state index in [1.165, 1.54) is 38.5 Å². The van der Waals surface area contributed by atoms with Crippen LogP contribution >= 0.6 is 0 Å². The minimum Gasteiger partial charge on any atom is -0.497 e. The summed E-state index contributed by atoms with van der Waals surface area (Å²) in [6.07, 6.45) is 2.42. The van der Waals surface area contributed by atoms with Gasteiger partial charge in [0.05, 0.1) is 25.9 Å². The predicted molar refractivity (Wildman–Crippen MR) is 95.1 cm³/mol. The van der Waals surface area contributed by atoms with Crippen LogP contribution in [0.25, 0.3) is 6.08 Å². The first-order valence-electron chi connectivity index (χ1n) is 7.37. The lowest BCUT2D eigenvalue weighted by Crippen LogP contribution is -2.29. The zero-order valence-electron chi connectivity index (χ0n) is 14.1. The van der Waals surface area contributed by atoms with Crippen molar-refractivity contribution in [2.45, 2.75) is 4.90 Å². The molecule has 0 bridgehead atoms. The molecule has 0 saturated carbocycles. The Morgan fingerprint density at radius 1 is 1.15 bits per heavy atom. The summed E-state index contributed by atoms with van der Waals surface area (Å²) in [6, 6.07) is 12.7. The van der Waals surface area contributed by atoms with Crippen LogP contribution in [0.4, 0.5) is 0 Å². The molecule has 0 radical (unpaired) electrons. The summed E-state index contributed by atoms with van der Waals surface area (Å²) in [4.78, 5) is 11.8. The Labute approximate surface area is 151 Å². The Bertz CT molecular complexity index is 991. The summed E-state index contributed by atoms with van der Waals surface area (Å²) in [5.74, 6) is -0.390. The van der Waals surface area contributed by atoms with Crippen molar-refractivity contribution >= 4 is 22.0 Å². The Balaban J connectivity index is 2.23. The largest absolute Gasteiger partial charge is 0.497 e. The highest BCUT2D eigenvalue weighted by Gasteiger charge is 2.21. The lowest BCUT2D eigenvalue weighted by molar-refractivity contribution is -0.114. The number of amides is 1. The number of carbonyl (C=O) groups is 1. The number of methoxy groups -OCH3 is 2. The zero-order valence-corrected chi connectivity index (χ0v) is 14.9. The van der Waals surface area contributed by atoms with Gasteiger partial charge in [0.25, 0.3) is 15.9 Å². The van der Waals surface area contributed by atoms with Gasteiger partial charge in [0.2, 0.25) is 0 Å². The van der Waals surface area contributed by atoms with E-state index in [0.717, 1.165) is 6.08 Å². The van der Waals surface area contributed by atoms with Crippen molar-refractivity contribution < 1.29 is 22.7 Å². The first-order chi connectivity index (χ1) is 12.4. The minimum absolute atomic E-state index is 0.0449. The number of sulfonamides is 1. The molecule has 1 N–H and O–H groups in total. The van der Waals surface area contributed by atoms with Gasteiger partial charge in [-0.2, -0.15) is 5.26 Å². The van der Waals surface area contributed by atoms with Crippen molar-refractivity contribution in [2.24, 2.45) is 0 Å². The number of hydrogen-bond donors (Lipinski definition) is 1. The van der Waals surface area contributed by atoms with Crippen LogP contribution in [0.1, 0.15) is 11.1 Å². The van der Waals surface area contributed by atoms with E-state index in [1.54, 1.807) is 24.3 Å². The molecule has 0 fully saturated rings. The third-order valence-corrected chi connectivity index (χ3v) is 4.78. The third kappa shape index (κ3) is 4.40. The Morgan fingerprint density at radius 2 is 1.88 bits per heavy atom. The van der Waals surface area contributed by atoms with E-state index < -0.39 is 15.9 Å². The molecular formula is C18H16N2O5S. The van der Waals surface area contributed by atoms with Gasteiger partial charge in [-0.15, -0.1) is 0 Å². The molecule has 1 amide bonds. The fraction of sp³-hybridized carbons (Fsp3) is 0.111. The van der Waals surface area contributed by atoms with E-state index in [4.69, 9.17) is 14.7 Å². The van der Waals surface area contributed by atoms with Crippen molar-refractivity contribution in [1.82, 2.24) is 4.72 Å². The quantitative estimate of drug-likeness (QED) is 0.779. The maximum atomic E-state index is 12.4. The standard InChI is InChI=1S/C18H16N2O5S/c1-24-15-8-9-17(16(11-15)25-2)26(22,23)20-18(21)10-7-13-5-3-4-6-14(13)12-19/h3-11H,1-2H3,(H,20,21). The zero-order chi connectivity index (χ0) is 19.2. The van der Waals surface area contributed by atoms with Crippen LogP contribution in [0.5, 0.6) is 11.5 Å². The van der Waals surface area contributed by atoms with Gasteiger partial charge in [0, 0.05) is 12.1 Å². The van der Waals surface area contributed by atoms with Gasteiger partial charge >= 0.3 is 0 Å². The van der Waals surface area contributed by atoms with Gasteiger partial charge in [-0.05, 0) is 29.8 Å². The van der Waals surface area contributed by atoms with Crippen molar-refractivity contribution in [2.75, 3.05) is 14.2 Å². The van der Waals surface area contributed by atoms with E-state index >= 15 is 0 Å². The molecule has 0 aliphatic carbocycles. The fourth-order valence-corrected chi connectivity index (χ4v) is 3.23. The molecule has 0 heterocycles. The number of nitrogens with one attached hydrogen (secondary N) is 1. The molecule has 2 aromatic rings. The Kier molecular flexibility index (Phi) is 5.98. The number of ether oxygens (including phenoxy) is 2. The van der Waals surface area contributed by atoms with Crippen molar-refractivity contribution in [1.29, 1.82) is 5.26 Å². The van der Waals surface area contributed by atoms with E-state index in [9.17, 15) is 13.2 Å². The highest BCUT2D eigenvalue weighted by atomic mass is 32.2. The number of nitrogens with zero attached hydrogens (tertiary/aromatic N) is 1. The van der Waals surface area contributed by atoms with Crippen LogP contribution in [-0.2, 0) is 14.8 Å². The van der Waals surface area contributed by atoms with E-state index in [-0.39, 0.29) is 10.6 Å². The maximum Gasteiger partial charge on any atom is 0.267 e. The molecule has 0 saturated heterocycles. The predicted octanol–water partition coefficient (Wildman–Crippen LogP) is 2.09. The molecule has 0 spiro atoms. The van der Waals surface area contributed by atoms with Crippen LogP contribution in [0.3, 0.4) is 0 Å². The molecule has 0 unspecified atom stereocenters. The number of carbonyl (C=O) groups excluding carboxylic acids is 1. The smallest absolute Gasteiger partial charge is 0.267 e. The SMILES string of the molecule is COc1ccc(S(=O)(=O)NC(=O)C=Cc2ccccc2C#N)c(OC)c1. The van der Waals surface area contributed by atoms with Crippen LogP contribution in [-0.4, -0.2) is 28.5 Å². The van der Waals surface area contributed by atoms with Gasteiger partial charge in [0.1, 0.15) is 16.4 Å². The Hall–Kier alpha value is -3.31. The second kappa shape index (κ2) is 8.18. The second-order valence-corrected chi connectivity index (χ2v) is 6.67. The highest BCUT2D eigenvalue weighted by molar-refractivity contribution is 7.90. The molecule has 2 rings (SSSR count). The molecule has 134 valence electrons. The summed E-state index contributed by atoms with van der Waals surface area (Å²) in [5.41, 5.74) is 0.876. The average Bonchev–Trinajstić information content (AvgIpc) is 2.65. The van der Waals surface area contributed by atoms with E-state index in [2.05, 4.69) is 0 Å². The summed E-state index contributed by atoms with van der Waals surface area (Å²) in [6.45, 7) is 0. The lowest BCUT2D eigenvalue weighted by Gasteiger charge is -2.11. The van der Waals surface area contributed by atoms with Gasteiger partial charge < -0.3 is 9.47 Å². The highest BCUT2D eigenvalue weighted by Crippen LogP contribution is 2.28. The number of rotatable bonds is 6. The molecule has 7 nitrogen and oxygen atoms in total. The molecule has 0 atom stereocenters. The van der Waals surface area contributed by atoms with Crippen molar-refractivity contribution in [3.8, 4) is 17.6 Å². The lowest BCUT2D eigenvalue weighted by atomic mass is 10.1. The molecule has 0 aliphatic rings. The van der Waals surface area contributed by atoms with Crippen LogP contribution in [0, 0.1) is 11.3 Å². The van der Waals surface area contributed by atoms with Crippen LogP contribution in [0.15, 0.2) is 53.4 Å². The first-order valence-corrected chi connectivity index (χ1v) is 8.85. The third-order valence-electron chi connectivity index (χ3n) is 3.39. The number of nitriles is 1. The van der Waals surface area contributed by atoms with Gasteiger partial charge in [-0.3, -0.25) is 4.79 Å². The number of hydrogen-bond acceptors (Lipinski definition) is 6. The fourth-order valence-electron chi connectivity index (χ4n) is 2.13. The number of benzene rings is 2. The van der Waals surface area contributed by atoms with Crippen LogP contribution in [0.2, 0.25) is 0 Å². The summed E-state index contributed by atoms with van der Waals surface area (Å²) < 4.78 is 36.8. The van der Waals surface area contributed by atoms with Gasteiger partial charge in [-0.1, -0.05) is 18.2 Å². The molecule has 26 heavy (non-hydrogen) atoms.